The number of carboxylic acid groups (broad SMARTS) is 1. The van der Waals surface area contributed by atoms with Gasteiger partial charge in [0.2, 0.25) is 0 Å². The van der Waals surface area contributed by atoms with Crippen LogP contribution in [0.5, 0.6) is 0 Å². The van der Waals surface area contributed by atoms with Crippen LogP contribution >= 0.6 is 0 Å². The summed E-state index contributed by atoms with van der Waals surface area (Å²) >= 11 is 0. The number of halogens is 1. The Morgan fingerprint density at radius 2 is 2.00 bits per heavy atom. The van der Waals surface area contributed by atoms with Gasteiger partial charge in [-0.25, -0.2) is 4.39 Å². The molecule has 0 unspecified atom stereocenters. The van der Waals surface area contributed by atoms with Crippen LogP contribution in [0, 0.1) is 5.82 Å². The highest BCUT2D eigenvalue weighted by atomic mass is 19.1. The van der Waals surface area contributed by atoms with E-state index in [1.807, 2.05) is 0 Å². The van der Waals surface area contributed by atoms with E-state index in [-0.39, 0.29) is 30.6 Å². The highest BCUT2D eigenvalue weighted by Gasteiger charge is 2.05. The van der Waals surface area contributed by atoms with Gasteiger partial charge in [0, 0.05) is 18.0 Å². The molecule has 3 nitrogen and oxygen atoms in total. The predicted molar refractivity (Wildman–Crippen MR) is 49.6 cm³/mol. The number of ketones is 1. The van der Waals surface area contributed by atoms with Crippen molar-refractivity contribution >= 4 is 11.8 Å². The molecule has 0 bridgehead atoms. The molecule has 0 radical (unpaired) electrons. The second-order valence-corrected chi connectivity index (χ2v) is 3.16. The van der Waals surface area contributed by atoms with E-state index in [4.69, 9.17) is 0 Å². The van der Waals surface area contributed by atoms with E-state index in [0.717, 1.165) is 6.07 Å². The van der Waals surface area contributed by atoms with Crippen LogP contribution in [0.15, 0.2) is 24.3 Å². The molecule has 80 valence electrons. The summed E-state index contributed by atoms with van der Waals surface area (Å²) in [5, 5.41) is 10.1. The lowest BCUT2D eigenvalue weighted by Gasteiger charge is -2.02. The minimum atomic E-state index is -1.18. The van der Waals surface area contributed by atoms with Crippen molar-refractivity contribution in [2.24, 2.45) is 0 Å². The molecule has 4 heteroatoms. The molecule has 0 aromatic heterocycles. The van der Waals surface area contributed by atoms with Crippen molar-refractivity contribution < 1.29 is 19.1 Å². The van der Waals surface area contributed by atoms with Crippen molar-refractivity contribution in [2.75, 3.05) is 0 Å². The van der Waals surface area contributed by atoms with Crippen LogP contribution in [-0.2, 0) is 4.79 Å². The van der Waals surface area contributed by atoms with Crippen molar-refractivity contribution in [3.05, 3.63) is 35.6 Å². The largest absolute Gasteiger partial charge is 0.550 e. The summed E-state index contributed by atoms with van der Waals surface area (Å²) in [4.78, 5) is 21.5. The Morgan fingerprint density at radius 1 is 1.27 bits per heavy atom. The van der Waals surface area contributed by atoms with Gasteiger partial charge in [-0.15, -0.1) is 0 Å². The molecule has 0 atom stereocenters. The van der Waals surface area contributed by atoms with Gasteiger partial charge in [-0.2, -0.15) is 0 Å². The Balaban J connectivity index is 2.50. The summed E-state index contributed by atoms with van der Waals surface area (Å²) in [6.45, 7) is 0. The van der Waals surface area contributed by atoms with Crippen molar-refractivity contribution in [1.29, 1.82) is 0 Å². The number of rotatable bonds is 5. The topological polar surface area (TPSA) is 57.2 Å². The zero-order chi connectivity index (χ0) is 11.3. The first-order valence-corrected chi connectivity index (χ1v) is 4.58. The molecule has 1 aromatic rings. The van der Waals surface area contributed by atoms with Crippen molar-refractivity contribution in [3.8, 4) is 0 Å². The fourth-order valence-corrected chi connectivity index (χ4v) is 1.20. The standard InChI is InChI=1S/C11H11FO3/c12-9-4-1-3-8(7-9)10(13)5-2-6-11(14)15/h1,3-4,7H,2,5-6H2,(H,14,15)/p-1. The Morgan fingerprint density at radius 3 is 2.60 bits per heavy atom. The second kappa shape index (κ2) is 5.24. The monoisotopic (exact) mass is 209 g/mol. The highest BCUT2D eigenvalue weighted by Crippen LogP contribution is 2.08. The average molecular weight is 209 g/mol. The number of Topliss-reactive ketones (excluding diaryl/α,β-unsaturated/α-hetero) is 1. The Labute approximate surface area is 86.5 Å². The molecule has 0 aliphatic carbocycles. The number of carbonyl (C=O) groups is 2. The van der Waals surface area contributed by atoms with Gasteiger partial charge in [0.25, 0.3) is 0 Å². The minimum absolute atomic E-state index is 0.0947. The van der Waals surface area contributed by atoms with Gasteiger partial charge < -0.3 is 9.90 Å². The average Bonchev–Trinajstić information content (AvgIpc) is 2.17. The van der Waals surface area contributed by atoms with Crippen LogP contribution in [0.1, 0.15) is 29.6 Å². The Bertz CT molecular complexity index is 374. The number of hydrogen-bond acceptors (Lipinski definition) is 3. The number of hydrogen-bond donors (Lipinski definition) is 0. The quantitative estimate of drug-likeness (QED) is 0.678. The first-order chi connectivity index (χ1) is 7.09. The van der Waals surface area contributed by atoms with Crippen LogP contribution < -0.4 is 5.11 Å². The molecule has 0 saturated carbocycles. The van der Waals surface area contributed by atoms with Crippen LogP contribution in [0.3, 0.4) is 0 Å². The molecule has 0 aliphatic heterocycles. The molecule has 15 heavy (non-hydrogen) atoms. The summed E-state index contributed by atoms with van der Waals surface area (Å²) in [6, 6.07) is 5.34. The highest BCUT2D eigenvalue weighted by molar-refractivity contribution is 5.96. The smallest absolute Gasteiger partial charge is 0.162 e. The third-order valence-corrected chi connectivity index (χ3v) is 1.93. The van der Waals surface area contributed by atoms with Gasteiger partial charge >= 0.3 is 0 Å². The molecule has 0 N–H and O–H groups in total. The van der Waals surface area contributed by atoms with Crippen LogP contribution in [-0.4, -0.2) is 11.8 Å². The molecular formula is C11H10FO3-. The Kier molecular flexibility index (Phi) is 3.97. The summed E-state index contributed by atoms with van der Waals surface area (Å²) < 4.78 is 12.7. The van der Waals surface area contributed by atoms with E-state index in [2.05, 4.69) is 0 Å². The van der Waals surface area contributed by atoms with Crippen LogP contribution in [0.4, 0.5) is 4.39 Å². The van der Waals surface area contributed by atoms with Crippen molar-refractivity contribution in [1.82, 2.24) is 0 Å². The normalized spacial score (nSPS) is 9.93. The summed E-state index contributed by atoms with van der Waals surface area (Å²) in [5.74, 6) is -1.90. The van der Waals surface area contributed by atoms with E-state index in [0.29, 0.717) is 0 Å². The fourth-order valence-electron chi connectivity index (χ4n) is 1.20. The molecule has 0 heterocycles. The lowest BCUT2D eigenvalue weighted by molar-refractivity contribution is -0.305. The van der Waals surface area contributed by atoms with E-state index in [9.17, 15) is 19.1 Å². The number of benzene rings is 1. The summed E-state index contributed by atoms with van der Waals surface area (Å²) in [5.41, 5.74) is 0.272. The maximum absolute atomic E-state index is 12.7. The van der Waals surface area contributed by atoms with Gasteiger partial charge in [0.05, 0.1) is 0 Å². The van der Waals surface area contributed by atoms with E-state index in [1.54, 1.807) is 0 Å². The number of carboxylic acids is 1. The van der Waals surface area contributed by atoms with Gasteiger partial charge in [-0.3, -0.25) is 4.79 Å². The molecule has 1 rings (SSSR count). The second-order valence-electron chi connectivity index (χ2n) is 3.16. The first kappa shape index (κ1) is 11.4. The lowest BCUT2D eigenvalue weighted by atomic mass is 10.1. The summed E-state index contributed by atoms with van der Waals surface area (Å²) in [6.07, 6.45) is 0.163. The SMILES string of the molecule is O=C([O-])CCCC(=O)c1cccc(F)c1. The summed E-state index contributed by atoms with van der Waals surface area (Å²) in [7, 11) is 0. The Hall–Kier alpha value is -1.71. The molecule has 0 spiro atoms. The fraction of sp³-hybridized carbons (Fsp3) is 0.273. The van der Waals surface area contributed by atoms with Gasteiger partial charge in [0.15, 0.2) is 5.78 Å². The first-order valence-electron chi connectivity index (χ1n) is 4.58. The zero-order valence-electron chi connectivity index (χ0n) is 8.03. The maximum atomic E-state index is 12.7. The van der Waals surface area contributed by atoms with Crippen LogP contribution in [0.25, 0.3) is 0 Å². The molecule has 0 saturated heterocycles. The van der Waals surface area contributed by atoms with Gasteiger partial charge in [-0.05, 0) is 25.0 Å². The molecular weight excluding hydrogens is 199 g/mol. The third-order valence-electron chi connectivity index (χ3n) is 1.93. The maximum Gasteiger partial charge on any atom is 0.162 e. The van der Waals surface area contributed by atoms with Gasteiger partial charge in [0.1, 0.15) is 5.82 Å². The number of aliphatic carboxylic acids is 1. The molecule has 0 fully saturated rings. The zero-order valence-corrected chi connectivity index (χ0v) is 8.03. The minimum Gasteiger partial charge on any atom is -0.550 e. The molecule has 0 amide bonds. The third kappa shape index (κ3) is 3.89. The van der Waals surface area contributed by atoms with E-state index in [1.165, 1.54) is 18.2 Å². The number of carbonyl (C=O) groups excluding carboxylic acids is 2. The van der Waals surface area contributed by atoms with Crippen LogP contribution in [0.2, 0.25) is 0 Å². The van der Waals surface area contributed by atoms with E-state index >= 15 is 0 Å². The van der Waals surface area contributed by atoms with Crippen molar-refractivity contribution in [2.45, 2.75) is 19.3 Å². The predicted octanol–water partition coefficient (Wildman–Crippen LogP) is 0.929. The molecule has 0 aliphatic rings. The van der Waals surface area contributed by atoms with E-state index < -0.39 is 11.8 Å². The molecule has 1 aromatic carbocycles. The van der Waals surface area contributed by atoms with Gasteiger partial charge in [-0.1, -0.05) is 12.1 Å². The lowest BCUT2D eigenvalue weighted by Crippen LogP contribution is -2.21. The van der Waals surface area contributed by atoms with Crippen molar-refractivity contribution in [3.63, 3.8) is 0 Å².